The first kappa shape index (κ1) is 15.9. The van der Waals surface area contributed by atoms with E-state index in [2.05, 4.69) is 10.6 Å². The van der Waals surface area contributed by atoms with Crippen LogP contribution in [-0.4, -0.2) is 34.5 Å². The standard InChI is InChI=1S/C11H12ClN3O5/c1-6(16)5-13-10(17)11(18)14-7-2-3-8(12)9(4-7)15(19)20/h2-4,6,16H,5H2,1H3,(H,13,17)(H,14,18). The Hall–Kier alpha value is -2.19. The topological polar surface area (TPSA) is 122 Å². The third kappa shape index (κ3) is 4.48. The molecule has 0 bridgehead atoms. The summed E-state index contributed by atoms with van der Waals surface area (Å²) in [5.74, 6) is -1.95. The van der Waals surface area contributed by atoms with E-state index in [4.69, 9.17) is 16.7 Å². The third-order valence-corrected chi connectivity index (χ3v) is 2.48. The number of aliphatic hydroxyl groups excluding tert-OH is 1. The average molecular weight is 302 g/mol. The van der Waals surface area contributed by atoms with Crippen LogP contribution in [0.15, 0.2) is 18.2 Å². The molecule has 0 aliphatic rings. The minimum atomic E-state index is -0.998. The fraction of sp³-hybridized carbons (Fsp3) is 0.273. The summed E-state index contributed by atoms with van der Waals surface area (Å²) in [6.07, 6.45) is -0.789. The second-order valence-corrected chi connectivity index (χ2v) is 4.34. The number of benzene rings is 1. The maximum absolute atomic E-state index is 11.5. The number of carbonyl (C=O) groups is 2. The number of hydrogen-bond donors (Lipinski definition) is 3. The summed E-state index contributed by atoms with van der Waals surface area (Å²) in [4.78, 5) is 32.8. The van der Waals surface area contributed by atoms with Crippen molar-refractivity contribution >= 4 is 34.8 Å². The molecule has 1 atom stereocenters. The van der Waals surface area contributed by atoms with E-state index in [0.29, 0.717) is 0 Å². The quantitative estimate of drug-likeness (QED) is 0.429. The Morgan fingerprint density at radius 2 is 2.10 bits per heavy atom. The highest BCUT2D eigenvalue weighted by atomic mass is 35.5. The lowest BCUT2D eigenvalue weighted by Gasteiger charge is -2.08. The molecule has 2 amide bonds. The van der Waals surface area contributed by atoms with Crippen molar-refractivity contribution in [2.45, 2.75) is 13.0 Å². The SMILES string of the molecule is CC(O)CNC(=O)C(=O)Nc1ccc(Cl)c([N+](=O)[O-])c1. The number of nitro groups is 1. The van der Waals surface area contributed by atoms with Crippen molar-refractivity contribution in [2.75, 3.05) is 11.9 Å². The van der Waals surface area contributed by atoms with Gasteiger partial charge in [0.25, 0.3) is 5.69 Å². The minimum Gasteiger partial charge on any atom is -0.392 e. The molecular weight excluding hydrogens is 290 g/mol. The second-order valence-electron chi connectivity index (χ2n) is 3.94. The summed E-state index contributed by atoms with van der Waals surface area (Å²) in [5, 5.41) is 23.9. The summed E-state index contributed by atoms with van der Waals surface area (Å²) in [7, 11) is 0. The van der Waals surface area contributed by atoms with Crippen LogP contribution in [0.5, 0.6) is 0 Å². The normalized spacial score (nSPS) is 11.6. The number of anilines is 1. The average Bonchev–Trinajstić information content (AvgIpc) is 2.37. The largest absolute Gasteiger partial charge is 0.392 e. The van der Waals surface area contributed by atoms with E-state index in [1.54, 1.807) is 0 Å². The molecule has 0 saturated heterocycles. The van der Waals surface area contributed by atoms with E-state index in [1.807, 2.05) is 0 Å². The highest BCUT2D eigenvalue weighted by molar-refractivity contribution is 6.39. The van der Waals surface area contributed by atoms with E-state index < -0.39 is 22.8 Å². The van der Waals surface area contributed by atoms with Crippen LogP contribution >= 0.6 is 11.6 Å². The molecule has 0 fully saturated rings. The molecule has 3 N–H and O–H groups in total. The predicted octanol–water partition coefficient (Wildman–Crippen LogP) is 0.684. The van der Waals surface area contributed by atoms with Gasteiger partial charge in [0.05, 0.1) is 11.0 Å². The number of carbonyl (C=O) groups excluding carboxylic acids is 2. The van der Waals surface area contributed by atoms with Gasteiger partial charge in [-0.1, -0.05) is 11.6 Å². The molecule has 1 rings (SSSR count). The molecule has 20 heavy (non-hydrogen) atoms. The highest BCUT2D eigenvalue weighted by Crippen LogP contribution is 2.27. The number of halogens is 1. The highest BCUT2D eigenvalue weighted by Gasteiger charge is 2.17. The van der Waals surface area contributed by atoms with Gasteiger partial charge >= 0.3 is 11.8 Å². The monoisotopic (exact) mass is 301 g/mol. The van der Waals surface area contributed by atoms with Gasteiger partial charge in [0.1, 0.15) is 5.02 Å². The van der Waals surface area contributed by atoms with Gasteiger partial charge in [-0.05, 0) is 19.1 Å². The number of nitrogens with one attached hydrogen (secondary N) is 2. The van der Waals surface area contributed by atoms with Crippen molar-refractivity contribution in [2.24, 2.45) is 0 Å². The Balaban J connectivity index is 2.73. The Labute approximate surface area is 118 Å². The minimum absolute atomic E-state index is 0.0679. The van der Waals surface area contributed by atoms with Gasteiger partial charge in [-0.25, -0.2) is 0 Å². The molecule has 108 valence electrons. The molecule has 0 aromatic heterocycles. The zero-order valence-electron chi connectivity index (χ0n) is 10.4. The molecule has 0 saturated carbocycles. The van der Waals surface area contributed by atoms with Crippen LogP contribution in [0.1, 0.15) is 6.92 Å². The van der Waals surface area contributed by atoms with E-state index >= 15 is 0 Å². The number of amides is 2. The zero-order chi connectivity index (χ0) is 15.3. The summed E-state index contributed by atoms with van der Waals surface area (Å²) in [5.41, 5.74) is -0.313. The van der Waals surface area contributed by atoms with Crippen molar-refractivity contribution in [1.82, 2.24) is 5.32 Å². The lowest BCUT2D eigenvalue weighted by molar-refractivity contribution is -0.384. The van der Waals surface area contributed by atoms with Gasteiger partial charge in [-0.3, -0.25) is 19.7 Å². The van der Waals surface area contributed by atoms with E-state index in [-0.39, 0.29) is 22.9 Å². The maximum Gasteiger partial charge on any atom is 0.313 e. The summed E-state index contributed by atoms with van der Waals surface area (Å²) >= 11 is 5.61. The number of aliphatic hydroxyl groups is 1. The van der Waals surface area contributed by atoms with Gasteiger partial charge < -0.3 is 15.7 Å². The van der Waals surface area contributed by atoms with E-state index in [9.17, 15) is 19.7 Å². The number of nitrogens with zero attached hydrogens (tertiary/aromatic N) is 1. The first-order valence-electron chi connectivity index (χ1n) is 5.52. The molecule has 0 radical (unpaired) electrons. The lowest BCUT2D eigenvalue weighted by atomic mass is 10.2. The third-order valence-electron chi connectivity index (χ3n) is 2.16. The Kier molecular flexibility index (Phi) is 5.42. The van der Waals surface area contributed by atoms with Gasteiger partial charge in [0, 0.05) is 18.3 Å². The Bertz CT molecular complexity index is 547. The molecule has 1 aromatic rings. The molecule has 0 heterocycles. The molecule has 0 spiro atoms. The number of rotatable bonds is 4. The molecule has 0 aliphatic heterocycles. The number of nitro benzene ring substituents is 1. The molecule has 8 nitrogen and oxygen atoms in total. The van der Waals surface area contributed by atoms with E-state index in [1.165, 1.54) is 19.1 Å². The molecular formula is C11H12ClN3O5. The first-order valence-corrected chi connectivity index (χ1v) is 5.90. The fourth-order valence-corrected chi connectivity index (χ4v) is 1.43. The van der Waals surface area contributed by atoms with Crippen LogP contribution in [0.25, 0.3) is 0 Å². The number of hydrogen-bond acceptors (Lipinski definition) is 5. The van der Waals surface area contributed by atoms with Crippen LogP contribution in [0.3, 0.4) is 0 Å². The molecule has 0 aliphatic carbocycles. The van der Waals surface area contributed by atoms with Gasteiger partial charge in [0.2, 0.25) is 0 Å². The summed E-state index contributed by atoms with van der Waals surface area (Å²) in [6.45, 7) is 1.37. The summed E-state index contributed by atoms with van der Waals surface area (Å²) in [6, 6.07) is 3.61. The van der Waals surface area contributed by atoms with Gasteiger partial charge in [-0.2, -0.15) is 0 Å². The summed E-state index contributed by atoms with van der Waals surface area (Å²) < 4.78 is 0. The molecule has 1 aromatic carbocycles. The molecule has 9 heteroatoms. The lowest BCUT2D eigenvalue weighted by Crippen LogP contribution is -2.38. The van der Waals surface area contributed by atoms with Crippen LogP contribution in [0.4, 0.5) is 11.4 Å². The Morgan fingerprint density at radius 3 is 2.65 bits per heavy atom. The van der Waals surface area contributed by atoms with Gasteiger partial charge in [-0.15, -0.1) is 0 Å². The maximum atomic E-state index is 11.5. The van der Waals surface area contributed by atoms with E-state index in [0.717, 1.165) is 6.07 Å². The Morgan fingerprint density at radius 1 is 1.45 bits per heavy atom. The van der Waals surface area contributed by atoms with Crippen LogP contribution in [0.2, 0.25) is 5.02 Å². The van der Waals surface area contributed by atoms with Crippen molar-refractivity contribution in [1.29, 1.82) is 0 Å². The van der Waals surface area contributed by atoms with Crippen LogP contribution in [0, 0.1) is 10.1 Å². The first-order chi connectivity index (χ1) is 9.31. The van der Waals surface area contributed by atoms with Crippen molar-refractivity contribution < 1.29 is 19.6 Å². The van der Waals surface area contributed by atoms with Crippen molar-refractivity contribution in [3.05, 3.63) is 33.3 Å². The predicted molar refractivity (Wildman–Crippen MR) is 71.4 cm³/mol. The van der Waals surface area contributed by atoms with Crippen LogP contribution in [-0.2, 0) is 9.59 Å². The van der Waals surface area contributed by atoms with Gasteiger partial charge in [0.15, 0.2) is 0 Å². The fourth-order valence-electron chi connectivity index (χ4n) is 1.24. The van der Waals surface area contributed by atoms with Crippen molar-refractivity contribution in [3.8, 4) is 0 Å². The van der Waals surface area contributed by atoms with Crippen LogP contribution < -0.4 is 10.6 Å². The second kappa shape index (κ2) is 6.83. The zero-order valence-corrected chi connectivity index (χ0v) is 11.2. The molecule has 1 unspecified atom stereocenters. The smallest absolute Gasteiger partial charge is 0.313 e. The van der Waals surface area contributed by atoms with Crippen molar-refractivity contribution in [3.63, 3.8) is 0 Å².